The Morgan fingerprint density at radius 2 is 1.94 bits per heavy atom. The van der Waals surface area contributed by atoms with Gasteiger partial charge in [-0.3, -0.25) is 0 Å². The molecule has 17 heavy (non-hydrogen) atoms. The standard InChI is InChI=1S/C15H16O2/c1-10(2)15(16)14-12-7-5-4-6-11(12)8-9-13(14)17-3/h4-9,15-16H,1H2,2-3H3. The smallest absolute Gasteiger partial charge is 0.125 e. The summed E-state index contributed by atoms with van der Waals surface area (Å²) in [4.78, 5) is 0. The average molecular weight is 228 g/mol. The molecule has 2 aromatic carbocycles. The molecule has 0 heterocycles. The van der Waals surface area contributed by atoms with Gasteiger partial charge in [-0.2, -0.15) is 0 Å². The number of hydrogen-bond acceptors (Lipinski definition) is 2. The van der Waals surface area contributed by atoms with Crippen molar-refractivity contribution in [2.75, 3.05) is 7.11 Å². The fourth-order valence-corrected chi connectivity index (χ4v) is 1.98. The highest BCUT2D eigenvalue weighted by molar-refractivity contribution is 5.88. The molecule has 0 amide bonds. The molecular formula is C15H16O2. The average Bonchev–Trinajstić information content (AvgIpc) is 2.36. The van der Waals surface area contributed by atoms with Gasteiger partial charge in [-0.15, -0.1) is 0 Å². The molecular weight excluding hydrogens is 212 g/mol. The third-order valence-corrected chi connectivity index (χ3v) is 2.89. The minimum atomic E-state index is -0.698. The molecule has 2 rings (SSSR count). The van der Waals surface area contributed by atoms with Gasteiger partial charge in [-0.05, 0) is 29.3 Å². The van der Waals surface area contributed by atoms with E-state index in [2.05, 4.69) is 6.58 Å². The zero-order chi connectivity index (χ0) is 12.4. The monoisotopic (exact) mass is 228 g/mol. The number of ether oxygens (including phenoxy) is 1. The van der Waals surface area contributed by atoms with Crippen LogP contribution in [0, 0.1) is 0 Å². The summed E-state index contributed by atoms with van der Waals surface area (Å²) in [6.45, 7) is 5.62. The highest BCUT2D eigenvalue weighted by Gasteiger charge is 2.17. The second-order valence-electron chi connectivity index (χ2n) is 4.15. The Morgan fingerprint density at radius 3 is 2.59 bits per heavy atom. The van der Waals surface area contributed by atoms with Gasteiger partial charge in [0.1, 0.15) is 11.9 Å². The predicted octanol–water partition coefficient (Wildman–Crippen LogP) is 3.46. The number of hydrogen-bond donors (Lipinski definition) is 1. The van der Waals surface area contributed by atoms with E-state index in [9.17, 15) is 5.11 Å². The summed E-state index contributed by atoms with van der Waals surface area (Å²) in [5.74, 6) is 0.694. The minimum absolute atomic E-state index is 0.694. The molecule has 0 bridgehead atoms. The number of rotatable bonds is 3. The fraction of sp³-hybridized carbons (Fsp3) is 0.200. The largest absolute Gasteiger partial charge is 0.496 e. The van der Waals surface area contributed by atoms with Crippen LogP contribution in [0.1, 0.15) is 18.6 Å². The Bertz CT molecular complexity index is 558. The summed E-state index contributed by atoms with van der Waals surface area (Å²) in [5, 5.41) is 12.3. The lowest BCUT2D eigenvalue weighted by Gasteiger charge is -2.17. The maximum absolute atomic E-state index is 10.2. The van der Waals surface area contributed by atoms with E-state index in [-0.39, 0.29) is 0 Å². The molecule has 2 heteroatoms. The summed E-state index contributed by atoms with van der Waals surface area (Å²) < 4.78 is 5.32. The maximum atomic E-state index is 10.2. The van der Waals surface area contributed by atoms with Crippen LogP contribution in [-0.2, 0) is 0 Å². The normalized spacial score (nSPS) is 12.4. The molecule has 0 saturated carbocycles. The van der Waals surface area contributed by atoms with Crippen LogP contribution in [0.3, 0.4) is 0 Å². The lowest BCUT2D eigenvalue weighted by atomic mass is 9.96. The molecule has 1 N–H and O–H groups in total. The summed E-state index contributed by atoms with van der Waals surface area (Å²) in [6, 6.07) is 11.8. The molecule has 0 spiro atoms. The van der Waals surface area contributed by atoms with E-state index in [0.29, 0.717) is 11.3 Å². The molecule has 0 aromatic heterocycles. The SMILES string of the molecule is C=C(C)C(O)c1c(OC)ccc2ccccc12. The molecule has 2 aromatic rings. The molecule has 0 aliphatic rings. The van der Waals surface area contributed by atoms with Gasteiger partial charge in [0.2, 0.25) is 0 Å². The second kappa shape index (κ2) is 4.60. The first-order chi connectivity index (χ1) is 8.15. The lowest BCUT2D eigenvalue weighted by Crippen LogP contribution is -2.02. The van der Waals surface area contributed by atoms with Crippen molar-refractivity contribution in [1.82, 2.24) is 0 Å². The molecule has 0 aliphatic carbocycles. The van der Waals surface area contributed by atoms with Gasteiger partial charge in [0.25, 0.3) is 0 Å². The van der Waals surface area contributed by atoms with E-state index in [1.165, 1.54) is 0 Å². The molecule has 0 saturated heterocycles. The first-order valence-electron chi connectivity index (χ1n) is 5.54. The van der Waals surface area contributed by atoms with Crippen molar-refractivity contribution in [1.29, 1.82) is 0 Å². The molecule has 0 radical (unpaired) electrons. The summed E-state index contributed by atoms with van der Waals surface area (Å²) in [6.07, 6.45) is -0.698. The van der Waals surface area contributed by atoms with Crippen molar-refractivity contribution in [2.24, 2.45) is 0 Å². The first-order valence-corrected chi connectivity index (χ1v) is 5.54. The molecule has 0 aliphatic heterocycles. The Balaban J connectivity index is 2.75. The third kappa shape index (κ3) is 2.04. The number of fused-ring (bicyclic) bond motifs is 1. The van der Waals surface area contributed by atoms with Crippen molar-refractivity contribution in [3.05, 3.63) is 54.1 Å². The van der Waals surface area contributed by atoms with Gasteiger partial charge in [0.05, 0.1) is 7.11 Å². The zero-order valence-electron chi connectivity index (χ0n) is 10.1. The van der Waals surface area contributed by atoms with Crippen LogP contribution in [0.4, 0.5) is 0 Å². The van der Waals surface area contributed by atoms with Crippen LogP contribution in [0.25, 0.3) is 10.8 Å². The maximum Gasteiger partial charge on any atom is 0.125 e. The van der Waals surface area contributed by atoms with E-state index in [1.807, 2.05) is 43.3 Å². The van der Waals surface area contributed by atoms with E-state index in [1.54, 1.807) is 7.11 Å². The molecule has 1 atom stereocenters. The summed E-state index contributed by atoms with van der Waals surface area (Å²) in [5.41, 5.74) is 1.50. The van der Waals surface area contributed by atoms with Crippen LogP contribution in [0.2, 0.25) is 0 Å². The van der Waals surface area contributed by atoms with E-state index < -0.39 is 6.10 Å². The number of aliphatic hydroxyl groups is 1. The van der Waals surface area contributed by atoms with E-state index in [4.69, 9.17) is 4.74 Å². The Labute approximate surface area is 101 Å². The quantitative estimate of drug-likeness (QED) is 0.815. The van der Waals surface area contributed by atoms with Gasteiger partial charge in [0, 0.05) is 5.56 Å². The van der Waals surface area contributed by atoms with Crippen molar-refractivity contribution < 1.29 is 9.84 Å². The van der Waals surface area contributed by atoms with Gasteiger partial charge in [-0.1, -0.05) is 36.9 Å². The predicted molar refractivity (Wildman–Crippen MR) is 70.3 cm³/mol. The van der Waals surface area contributed by atoms with Gasteiger partial charge in [-0.25, -0.2) is 0 Å². The van der Waals surface area contributed by atoms with Crippen LogP contribution < -0.4 is 4.74 Å². The Hall–Kier alpha value is -1.80. The van der Waals surface area contributed by atoms with Crippen molar-refractivity contribution in [3.8, 4) is 5.75 Å². The van der Waals surface area contributed by atoms with E-state index in [0.717, 1.165) is 16.3 Å². The summed E-state index contributed by atoms with van der Waals surface area (Å²) >= 11 is 0. The van der Waals surface area contributed by atoms with Gasteiger partial charge in [0.15, 0.2) is 0 Å². The number of aliphatic hydroxyl groups excluding tert-OH is 1. The lowest BCUT2D eigenvalue weighted by molar-refractivity contribution is 0.212. The Morgan fingerprint density at radius 1 is 1.24 bits per heavy atom. The fourth-order valence-electron chi connectivity index (χ4n) is 1.98. The van der Waals surface area contributed by atoms with Crippen LogP contribution in [0.15, 0.2) is 48.6 Å². The highest BCUT2D eigenvalue weighted by Crippen LogP contribution is 2.35. The highest BCUT2D eigenvalue weighted by atomic mass is 16.5. The van der Waals surface area contributed by atoms with Crippen LogP contribution in [0.5, 0.6) is 5.75 Å². The molecule has 1 unspecified atom stereocenters. The summed E-state index contributed by atoms with van der Waals surface area (Å²) in [7, 11) is 1.61. The molecule has 2 nitrogen and oxygen atoms in total. The number of methoxy groups -OCH3 is 1. The van der Waals surface area contributed by atoms with E-state index >= 15 is 0 Å². The Kier molecular flexibility index (Phi) is 3.16. The van der Waals surface area contributed by atoms with Gasteiger partial charge < -0.3 is 9.84 Å². The number of benzene rings is 2. The first kappa shape index (κ1) is 11.7. The topological polar surface area (TPSA) is 29.5 Å². The minimum Gasteiger partial charge on any atom is -0.496 e. The third-order valence-electron chi connectivity index (χ3n) is 2.89. The van der Waals surface area contributed by atoms with Crippen molar-refractivity contribution in [2.45, 2.75) is 13.0 Å². The zero-order valence-corrected chi connectivity index (χ0v) is 10.1. The van der Waals surface area contributed by atoms with Crippen molar-refractivity contribution in [3.63, 3.8) is 0 Å². The molecule has 88 valence electrons. The van der Waals surface area contributed by atoms with Crippen LogP contribution >= 0.6 is 0 Å². The molecule has 0 fully saturated rings. The second-order valence-corrected chi connectivity index (χ2v) is 4.15. The van der Waals surface area contributed by atoms with Crippen LogP contribution in [-0.4, -0.2) is 12.2 Å². The van der Waals surface area contributed by atoms with Crippen molar-refractivity contribution >= 4 is 10.8 Å². The van der Waals surface area contributed by atoms with Gasteiger partial charge >= 0.3 is 0 Å².